The summed E-state index contributed by atoms with van der Waals surface area (Å²) in [6.45, 7) is 4.28. The lowest BCUT2D eigenvalue weighted by atomic mass is 9.88. The molecular weight excluding hydrogens is 182 g/mol. The predicted octanol–water partition coefficient (Wildman–Crippen LogP) is 0.256. The molecule has 0 aromatic carbocycles. The summed E-state index contributed by atoms with van der Waals surface area (Å²) in [5, 5.41) is 7.12. The number of rotatable bonds is 3. The standard InChI is InChI=1S/C9H15N3O2/c1-7-11-8(14-12-7)9(6-13-2)3-4-10-5-9/h10H,3-6H2,1-2H3. The number of nitrogens with zero attached hydrogens (tertiary/aromatic N) is 2. The zero-order valence-electron chi connectivity index (χ0n) is 8.54. The van der Waals surface area contributed by atoms with Gasteiger partial charge in [-0.15, -0.1) is 0 Å². The molecule has 1 atom stereocenters. The largest absolute Gasteiger partial charge is 0.384 e. The second-order valence-electron chi connectivity index (χ2n) is 3.79. The van der Waals surface area contributed by atoms with Crippen molar-refractivity contribution in [1.82, 2.24) is 15.5 Å². The fraction of sp³-hybridized carbons (Fsp3) is 0.778. The fourth-order valence-electron chi connectivity index (χ4n) is 1.90. The van der Waals surface area contributed by atoms with Gasteiger partial charge in [-0.25, -0.2) is 0 Å². The maximum absolute atomic E-state index is 5.23. The van der Waals surface area contributed by atoms with Crippen molar-refractivity contribution in [3.8, 4) is 0 Å². The van der Waals surface area contributed by atoms with Gasteiger partial charge in [0.15, 0.2) is 5.82 Å². The van der Waals surface area contributed by atoms with Crippen LogP contribution in [-0.4, -0.2) is 36.9 Å². The van der Waals surface area contributed by atoms with Crippen LogP contribution in [0.3, 0.4) is 0 Å². The van der Waals surface area contributed by atoms with Crippen molar-refractivity contribution < 1.29 is 9.26 Å². The van der Waals surface area contributed by atoms with Crippen LogP contribution >= 0.6 is 0 Å². The van der Waals surface area contributed by atoms with Gasteiger partial charge in [0.25, 0.3) is 0 Å². The van der Waals surface area contributed by atoms with Gasteiger partial charge in [0, 0.05) is 13.7 Å². The molecule has 1 unspecified atom stereocenters. The third-order valence-electron chi connectivity index (χ3n) is 2.65. The second kappa shape index (κ2) is 3.67. The zero-order valence-corrected chi connectivity index (χ0v) is 8.54. The highest BCUT2D eigenvalue weighted by Crippen LogP contribution is 2.29. The predicted molar refractivity (Wildman–Crippen MR) is 50.1 cm³/mol. The van der Waals surface area contributed by atoms with E-state index in [1.807, 2.05) is 6.92 Å². The van der Waals surface area contributed by atoms with E-state index in [1.165, 1.54) is 0 Å². The quantitative estimate of drug-likeness (QED) is 0.753. The van der Waals surface area contributed by atoms with E-state index < -0.39 is 0 Å². The number of aromatic nitrogens is 2. The first-order valence-corrected chi connectivity index (χ1v) is 4.77. The summed E-state index contributed by atoms with van der Waals surface area (Å²) in [4.78, 5) is 4.29. The smallest absolute Gasteiger partial charge is 0.236 e. The minimum Gasteiger partial charge on any atom is -0.384 e. The Morgan fingerprint density at radius 1 is 1.64 bits per heavy atom. The topological polar surface area (TPSA) is 60.2 Å². The molecule has 0 bridgehead atoms. The molecule has 1 aliphatic rings. The Morgan fingerprint density at radius 3 is 3.00 bits per heavy atom. The molecule has 0 aliphatic carbocycles. The average molecular weight is 197 g/mol. The van der Waals surface area contributed by atoms with Gasteiger partial charge in [-0.05, 0) is 19.9 Å². The number of ether oxygens (including phenoxy) is 1. The van der Waals surface area contributed by atoms with Crippen molar-refractivity contribution in [3.63, 3.8) is 0 Å². The monoisotopic (exact) mass is 197 g/mol. The Bertz CT molecular complexity index is 305. The van der Waals surface area contributed by atoms with Crippen LogP contribution in [0.5, 0.6) is 0 Å². The molecule has 1 fully saturated rings. The number of hydrogen-bond acceptors (Lipinski definition) is 5. The van der Waals surface area contributed by atoms with Crippen LogP contribution in [0.25, 0.3) is 0 Å². The highest BCUT2D eigenvalue weighted by Gasteiger charge is 2.40. The summed E-state index contributed by atoms with van der Waals surface area (Å²) >= 11 is 0. The van der Waals surface area contributed by atoms with Crippen LogP contribution in [-0.2, 0) is 10.2 Å². The SMILES string of the molecule is COCC1(c2nc(C)no2)CCNC1. The second-order valence-corrected chi connectivity index (χ2v) is 3.79. The zero-order chi connectivity index (χ0) is 10.0. The fourth-order valence-corrected chi connectivity index (χ4v) is 1.90. The third-order valence-corrected chi connectivity index (χ3v) is 2.65. The van der Waals surface area contributed by atoms with Crippen molar-refractivity contribution in [2.75, 3.05) is 26.8 Å². The molecule has 1 aromatic rings. The molecule has 0 saturated carbocycles. The summed E-state index contributed by atoms with van der Waals surface area (Å²) in [5.74, 6) is 1.38. The lowest BCUT2D eigenvalue weighted by molar-refractivity contribution is 0.117. The Hall–Kier alpha value is -0.940. The van der Waals surface area contributed by atoms with E-state index in [0.717, 1.165) is 19.5 Å². The van der Waals surface area contributed by atoms with E-state index in [0.29, 0.717) is 18.3 Å². The van der Waals surface area contributed by atoms with Crippen molar-refractivity contribution in [1.29, 1.82) is 0 Å². The Labute approximate surface area is 82.8 Å². The Kier molecular flexibility index (Phi) is 2.52. The first-order chi connectivity index (χ1) is 6.77. The summed E-state index contributed by atoms with van der Waals surface area (Å²) in [5.41, 5.74) is -0.115. The first kappa shape index (κ1) is 9.61. The van der Waals surface area contributed by atoms with Gasteiger partial charge in [-0.3, -0.25) is 0 Å². The van der Waals surface area contributed by atoms with E-state index in [1.54, 1.807) is 7.11 Å². The van der Waals surface area contributed by atoms with Gasteiger partial charge in [-0.2, -0.15) is 4.98 Å². The Balaban J connectivity index is 2.26. The van der Waals surface area contributed by atoms with E-state index in [4.69, 9.17) is 9.26 Å². The molecule has 5 heteroatoms. The average Bonchev–Trinajstić information content (AvgIpc) is 2.75. The molecule has 1 saturated heterocycles. The molecule has 1 aliphatic heterocycles. The maximum atomic E-state index is 5.23. The normalized spacial score (nSPS) is 27.0. The van der Waals surface area contributed by atoms with Crippen LogP contribution < -0.4 is 5.32 Å². The van der Waals surface area contributed by atoms with Gasteiger partial charge >= 0.3 is 0 Å². The summed E-state index contributed by atoms with van der Waals surface area (Å²) < 4.78 is 10.4. The lowest BCUT2D eigenvalue weighted by Gasteiger charge is -2.21. The minimum atomic E-state index is -0.115. The van der Waals surface area contributed by atoms with Crippen LogP contribution in [0.15, 0.2) is 4.52 Å². The van der Waals surface area contributed by atoms with Gasteiger partial charge in [0.1, 0.15) is 0 Å². The molecule has 1 N–H and O–H groups in total. The van der Waals surface area contributed by atoms with E-state index in [-0.39, 0.29) is 5.41 Å². The van der Waals surface area contributed by atoms with Crippen molar-refractivity contribution >= 4 is 0 Å². The molecular formula is C9H15N3O2. The molecule has 14 heavy (non-hydrogen) atoms. The van der Waals surface area contributed by atoms with Crippen LogP contribution in [0.2, 0.25) is 0 Å². The van der Waals surface area contributed by atoms with E-state index in [2.05, 4.69) is 15.5 Å². The van der Waals surface area contributed by atoms with Crippen molar-refractivity contribution in [2.24, 2.45) is 0 Å². The molecule has 78 valence electrons. The lowest BCUT2D eigenvalue weighted by Crippen LogP contribution is -2.34. The Morgan fingerprint density at radius 2 is 2.50 bits per heavy atom. The molecule has 2 heterocycles. The molecule has 0 spiro atoms. The van der Waals surface area contributed by atoms with Crippen molar-refractivity contribution in [2.45, 2.75) is 18.8 Å². The van der Waals surface area contributed by atoms with E-state index in [9.17, 15) is 0 Å². The number of nitrogens with one attached hydrogen (secondary N) is 1. The van der Waals surface area contributed by atoms with Crippen molar-refractivity contribution in [3.05, 3.63) is 11.7 Å². The van der Waals surface area contributed by atoms with Gasteiger partial charge in [-0.1, -0.05) is 5.16 Å². The van der Waals surface area contributed by atoms with Crippen LogP contribution in [0.1, 0.15) is 18.1 Å². The van der Waals surface area contributed by atoms with E-state index >= 15 is 0 Å². The van der Waals surface area contributed by atoms with Gasteiger partial charge < -0.3 is 14.6 Å². The molecule has 0 amide bonds. The number of methoxy groups -OCH3 is 1. The molecule has 2 rings (SSSR count). The maximum Gasteiger partial charge on any atom is 0.236 e. The number of hydrogen-bond donors (Lipinski definition) is 1. The minimum absolute atomic E-state index is 0.115. The highest BCUT2D eigenvalue weighted by atomic mass is 16.5. The van der Waals surface area contributed by atoms with Crippen LogP contribution in [0, 0.1) is 6.92 Å². The highest BCUT2D eigenvalue weighted by molar-refractivity contribution is 5.10. The first-order valence-electron chi connectivity index (χ1n) is 4.77. The third kappa shape index (κ3) is 1.53. The molecule has 5 nitrogen and oxygen atoms in total. The molecule has 0 radical (unpaired) electrons. The van der Waals surface area contributed by atoms with Gasteiger partial charge in [0.05, 0.1) is 12.0 Å². The van der Waals surface area contributed by atoms with Crippen LogP contribution in [0.4, 0.5) is 0 Å². The number of aryl methyl sites for hydroxylation is 1. The van der Waals surface area contributed by atoms with Gasteiger partial charge in [0.2, 0.25) is 5.89 Å². The summed E-state index contributed by atoms with van der Waals surface area (Å²) in [7, 11) is 1.70. The summed E-state index contributed by atoms with van der Waals surface area (Å²) in [6, 6.07) is 0. The summed E-state index contributed by atoms with van der Waals surface area (Å²) in [6.07, 6.45) is 0.989. The molecule has 1 aromatic heterocycles.